The average molecular weight is 382 g/mol. The summed E-state index contributed by atoms with van der Waals surface area (Å²) in [6.45, 7) is 3.96. The van der Waals surface area contributed by atoms with Gasteiger partial charge in [-0.15, -0.1) is 0 Å². The molecule has 0 saturated heterocycles. The van der Waals surface area contributed by atoms with Gasteiger partial charge in [0.2, 0.25) is 5.41 Å². The van der Waals surface area contributed by atoms with Crippen LogP contribution in [0.4, 0.5) is 0 Å². The monoisotopic (exact) mass is 382 g/mol. The summed E-state index contributed by atoms with van der Waals surface area (Å²) in [6, 6.07) is 0. The van der Waals surface area contributed by atoms with Crippen LogP contribution >= 0.6 is 0 Å². The molecule has 0 bridgehead atoms. The molecule has 0 fully saturated rings. The lowest BCUT2D eigenvalue weighted by atomic mass is 9.66. The summed E-state index contributed by atoms with van der Waals surface area (Å²) >= 11 is 0. The standard InChI is InChI=1S/C18H22O9/c1-9(19)5-13(23)17(27)18(14(24)6-10(2)20,15(25)7-11(3)21)16(26)8-12(4)22/h13,23H,5-8H2,1-4H3. The molecule has 1 N–H and O–H groups in total. The van der Waals surface area contributed by atoms with E-state index in [2.05, 4.69) is 0 Å². The third-order valence-corrected chi connectivity index (χ3v) is 3.64. The van der Waals surface area contributed by atoms with Gasteiger partial charge in [-0.25, -0.2) is 0 Å². The normalized spacial score (nSPS) is 12.0. The SMILES string of the molecule is CC(=O)CC(=O)C(C(=O)CC(C)=O)(C(=O)CC(C)=O)C(=O)C(O)CC(C)=O. The molecule has 1 atom stereocenters. The second-order valence-corrected chi connectivity index (χ2v) is 6.44. The number of rotatable bonds is 13. The lowest BCUT2D eigenvalue weighted by molar-refractivity contribution is -0.159. The zero-order chi connectivity index (χ0) is 21.5. The van der Waals surface area contributed by atoms with E-state index in [4.69, 9.17) is 0 Å². The molecule has 27 heavy (non-hydrogen) atoms. The quantitative estimate of drug-likeness (QED) is 0.416. The molecule has 0 heterocycles. The Labute approximate surface area is 155 Å². The van der Waals surface area contributed by atoms with Gasteiger partial charge in [-0.05, 0) is 27.7 Å². The maximum absolute atomic E-state index is 12.8. The van der Waals surface area contributed by atoms with Gasteiger partial charge in [0.1, 0.15) is 29.2 Å². The highest BCUT2D eigenvalue weighted by Crippen LogP contribution is 2.31. The van der Waals surface area contributed by atoms with Gasteiger partial charge >= 0.3 is 0 Å². The Bertz CT molecular complexity index is 645. The molecule has 0 aliphatic heterocycles. The number of hydrogen-bond acceptors (Lipinski definition) is 9. The minimum atomic E-state index is -3.18. The zero-order valence-electron chi connectivity index (χ0n) is 15.6. The molecule has 0 saturated carbocycles. The van der Waals surface area contributed by atoms with Crippen LogP contribution in [0.5, 0.6) is 0 Å². The van der Waals surface area contributed by atoms with E-state index in [9.17, 15) is 43.5 Å². The van der Waals surface area contributed by atoms with E-state index < -0.39 is 83.5 Å². The van der Waals surface area contributed by atoms with Crippen molar-refractivity contribution in [2.45, 2.75) is 59.5 Å². The van der Waals surface area contributed by atoms with Crippen molar-refractivity contribution in [3.8, 4) is 0 Å². The first-order valence-electron chi connectivity index (χ1n) is 8.06. The molecule has 9 heteroatoms. The molecule has 148 valence electrons. The predicted molar refractivity (Wildman–Crippen MR) is 89.7 cm³/mol. The van der Waals surface area contributed by atoms with E-state index in [-0.39, 0.29) is 0 Å². The summed E-state index contributed by atoms with van der Waals surface area (Å²) in [4.78, 5) is 96.0. The third-order valence-electron chi connectivity index (χ3n) is 3.64. The van der Waals surface area contributed by atoms with E-state index in [0.717, 1.165) is 27.7 Å². The Hall–Kier alpha value is -2.68. The Balaban J connectivity index is 6.61. The Morgan fingerprint density at radius 2 is 0.926 bits per heavy atom. The first-order chi connectivity index (χ1) is 12.3. The van der Waals surface area contributed by atoms with Crippen molar-refractivity contribution in [2.24, 2.45) is 5.41 Å². The molecule has 0 aromatic carbocycles. The van der Waals surface area contributed by atoms with Crippen LogP contribution < -0.4 is 0 Å². The largest absolute Gasteiger partial charge is 0.385 e. The third kappa shape index (κ3) is 6.21. The van der Waals surface area contributed by atoms with Crippen molar-refractivity contribution in [3.05, 3.63) is 0 Å². The minimum Gasteiger partial charge on any atom is -0.385 e. The molecular weight excluding hydrogens is 360 g/mol. The number of aliphatic hydroxyl groups excluding tert-OH is 1. The zero-order valence-corrected chi connectivity index (χ0v) is 15.6. The van der Waals surface area contributed by atoms with Crippen molar-refractivity contribution in [3.63, 3.8) is 0 Å². The van der Waals surface area contributed by atoms with Crippen LogP contribution in [0.25, 0.3) is 0 Å². The van der Waals surface area contributed by atoms with E-state index >= 15 is 0 Å². The molecule has 0 spiro atoms. The van der Waals surface area contributed by atoms with Gasteiger partial charge in [0.25, 0.3) is 0 Å². The molecule has 0 aromatic rings. The Morgan fingerprint density at radius 3 is 1.15 bits per heavy atom. The molecule has 0 rings (SSSR count). The molecule has 0 aliphatic rings. The number of carbonyl (C=O) groups is 8. The lowest BCUT2D eigenvalue weighted by Gasteiger charge is -2.29. The van der Waals surface area contributed by atoms with Gasteiger partial charge in [-0.3, -0.25) is 38.4 Å². The van der Waals surface area contributed by atoms with Crippen molar-refractivity contribution in [2.75, 3.05) is 0 Å². The number of hydrogen-bond donors (Lipinski definition) is 1. The van der Waals surface area contributed by atoms with E-state index in [0.29, 0.717) is 0 Å². The second kappa shape index (κ2) is 9.86. The number of aliphatic hydroxyl groups is 1. The van der Waals surface area contributed by atoms with E-state index in [1.165, 1.54) is 0 Å². The van der Waals surface area contributed by atoms with Crippen LogP contribution in [0.15, 0.2) is 0 Å². The number of carbonyl (C=O) groups excluding carboxylic acids is 8. The fourth-order valence-corrected chi connectivity index (χ4v) is 2.57. The smallest absolute Gasteiger partial charge is 0.207 e. The van der Waals surface area contributed by atoms with Crippen molar-refractivity contribution < 1.29 is 43.5 Å². The summed E-state index contributed by atoms with van der Waals surface area (Å²) in [6.07, 6.45) is -5.96. The Kier molecular flexibility index (Phi) is 8.88. The van der Waals surface area contributed by atoms with Crippen molar-refractivity contribution >= 4 is 46.3 Å². The van der Waals surface area contributed by atoms with Gasteiger partial charge < -0.3 is 5.11 Å². The van der Waals surface area contributed by atoms with E-state index in [1.807, 2.05) is 0 Å². The van der Waals surface area contributed by atoms with Gasteiger partial charge in [-0.1, -0.05) is 0 Å². The predicted octanol–water partition coefficient (Wildman–Crippen LogP) is -0.473. The fraction of sp³-hybridized carbons (Fsp3) is 0.556. The molecule has 0 aromatic heterocycles. The highest BCUT2D eigenvalue weighted by atomic mass is 16.3. The lowest BCUT2D eigenvalue weighted by Crippen LogP contribution is -2.57. The van der Waals surface area contributed by atoms with Gasteiger partial charge in [-0.2, -0.15) is 0 Å². The molecule has 9 nitrogen and oxygen atoms in total. The maximum Gasteiger partial charge on any atom is 0.207 e. The molecular formula is C18H22O9. The average Bonchev–Trinajstić information content (AvgIpc) is 2.44. The van der Waals surface area contributed by atoms with Gasteiger partial charge in [0.05, 0.1) is 19.3 Å². The molecule has 0 amide bonds. The summed E-state index contributed by atoms with van der Waals surface area (Å²) < 4.78 is 0. The van der Waals surface area contributed by atoms with E-state index in [1.54, 1.807) is 0 Å². The summed E-state index contributed by atoms with van der Waals surface area (Å²) in [7, 11) is 0. The summed E-state index contributed by atoms with van der Waals surface area (Å²) in [5.41, 5.74) is -3.18. The number of ketones is 8. The first-order valence-corrected chi connectivity index (χ1v) is 8.06. The Morgan fingerprint density at radius 1 is 0.630 bits per heavy atom. The van der Waals surface area contributed by atoms with Crippen LogP contribution in [-0.4, -0.2) is 57.5 Å². The maximum atomic E-state index is 12.8. The first kappa shape index (κ1) is 24.3. The van der Waals surface area contributed by atoms with Crippen LogP contribution in [0.2, 0.25) is 0 Å². The van der Waals surface area contributed by atoms with Gasteiger partial charge in [0.15, 0.2) is 23.1 Å². The summed E-state index contributed by atoms with van der Waals surface area (Å²) in [5, 5.41) is 9.99. The fourth-order valence-electron chi connectivity index (χ4n) is 2.57. The highest BCUT2D eigenvalue weighted by Gasteiger charge is 2.58. The topological polar surface area (TPSA) is 157 Å². The molecule has 0 radical (unpaired) electrons. The van der Waals surface area contributed by atoms with Crippen LogP contribution in [0.3, 0.4) is 0 Å². The van der Waals surface area contributed by atoms with Crippen molar-refractivity contribution in [1.82, 2.24) is 0 Å². The van der Waals surface area contributed by atoms with Crippen LogP contribution in [0.1, 0.15) is 53.4 Å². The molecule has 0 aliphatic carbocycles. The highest BCUT2D eigenvalue weighted by molar-refractivity contribution is 6.43. The van der Waals surface area contributed by atoms with Crippen LogP contribution in [-0.2, 0) is 38.4 Å². The summed E-state index contributed by atoms with van der Waals surface area (Å²) in [5.74, 6) is -8.89. The minimum absolute atomic E-state index is 0.665. The second-order valence-electron chi connectivity index (χ2n) is 6.44. The van der Waals surface area contributed by atoms with Gasteiger partial charge in [0, 0.05) is 6.42 Å². The number of Topliss-reactive ketones (excluding diaryl/α,β-unsaturated/α-hetero) is 8. The van der Waals surface area contributed by atoms with Crippen LogP contribution in [0, 0.1) is 5.41 Å². The van der Waals surface area contributed by atoms with Crippen molar-refractivity contribution in [1.29, 1.82) is 0 Å². The molecule has 1 unspecified atom stereocenters.